The van der Waals surface area contributed by atoms with Gasteiger partial charge in [0.05, 0.1) is 13.0 Å². The van der Waals surface area contributed by atoms with Gasteiger partial charge in [-0.2, -0.15) is 0 Å². The van der Waals surface area contributed by atoms with Crippen LogP contribution in [0.2, 0.25) is 0 Å². The number of ether oxygens (including phenoxy) is 1. The highest BCUT2D eigenvalue weighted by Crippen LogP contribution is 2.21. The number of methoxy groups -OCH3 is 1. The van der Waals surface area contributed by atoms with Gasteiger partial charge in [0.25, 0.3) is 0 Å². The zero-order valence-corrected chi connectivity index (χ0v) is 12.4. The van der Waals surface area contributed by atoms with Crippen molar-refractivity contribution < 1.29 is 9.53 Å². The second-order valence-electron chi connectivity index (χ2n) is 6.06. The van der Waals surface area contributed by atoms with Crippen LogP contribution >= 0.6 is 0 Å². The van der Waals surface area contributed by atoms with Crippen molar-refractivity contribution in [1.82, 2.24) is 9.80 Å². The molecule has 2 fully saturated rings. The highest BCUT2D eigenvalue weighted by atomic mass is 16.5. The quantitative estimate of drug-likeness (QED) is 0.727. The van der Waals surface area contributed by atoms with E-state index in [1.807, 2.05) is 0 Å². The van der Waals surface area contributed by atoms with Crippen LogP contribution in [0.5, 0.6) is 0 Å². The smallest absolute Gasteiger partial charge is 0.308 e. The molecular formula is C15H28N2O2. The summed E-state index contributed by atoms with van der Waals surface area (Å²) >= 11 is 0. The second-order valence-corrected chi connectivity index (χ2v) is 6.06. The molecule has 0 spiro atoms. The van der Waals surface area contributed by atoms with Gasteiger partial charge in [-0.3, -0.25) is 4.79 Å². The molecule has 0 radical (unpaired) electrons. The molecule has 0 aliphatic carbocycles. The van der Waals surface area contributed by atoms with Gasteiger partial charge in [-0.1, -0.05) is 6.42 Å². The van der Waals surface area contributed by atoms with Gasteiger partial charge in [0.2, 0.25) is 0 Å². The molecule has 4 heteroatoms. The van der Waals surface area contributed by atoms with Gasteiger partial charge < -0.3 is 14.5 Å². The van der Waals surface area contributed by atoms with E-state index in [0.29, 0.717) is 0 Å². The summed E-state index contributed by atoms with van der Waals surface area (Å²) in [7, 11) is 3.75. The van der Waals surface area contributed by atoms with Crippen molar-refractivity contribution in [3.63, 3.8) is 0 Å². The Balaban J connectivity index is 1.66. The molecule has 0 aromatic carbocycles. The first-order valence-corrected chi connectivity index (χ1v) is 7.71. The number of hydrogen-bond donors (Lipinski definition) is 0. The van der Waals surface area contributed by atoms with E-state index in [0.717, 1.165) is 32.0 Å². The number of nitrogens with zero attached hydrogens (tertiary/aromatic N) is 2. The molecule has 110 valence electrons. The van der Waals surface area contributed by atoms with Crippen LogP contribution in [0.15, 0.2) is 0 Å². The summed E-state index contributed by atoms with van der Waals surface area (Å²) in [6.45, 7) is 4.55. The molecule has 2 saturated heterocycles. The predicted octanol–water partition coefficient (Wildman–Crippen LogP) is 1.75. The van der Waals surface area contributed by atoms with Gasteiger partial charge in [-0.05, 0) is 65.3 Å². The van der Waals surface area contributed by atoms with E-state index in [-0.39, 0.29) is 11.9 Å². The van der Waals surface area contributed by atoms with E-state index in [2.05, 4.69) is 16.8 Å². The third kappa shape index (κ3) is 4.18. The number of rotatable bonds is 4. The number of carbonyl (C=O) groups is 1. The monoisotopic (exact) mass is 268 g/mol. The summed E-state index contributed by atoms with van der Waals surface area (Å²) in [5.74, 6) is 0.116. The number of esters is 1. The molecule has 1 atom stereocenters. The largest absolute Gasteiger partial charge is 0.469 e. The fourth-order valence-corrected chi connectivity index (χ4v) is 3.40. The Morgan fingerprint density at radius 1 is 1.16 bits per heavy atom. The van der Waals surface area contributed by atoms with Crippen molar-refractivity contribution >= 4 is 5.97 Å². The van der Waals surface area contributed by atoms with Crippen LogP contribution in [0, 0.1) is 5.92 Å². The summed E-state index contributed by atoms with van der Waals surface area (Å²) in [4.78, 5) is 16.5. The fraction of sp³-hybridized carbons (Fsp3) is 0.933. The Morgan fingerprint density at radius 3 is 2.53 bits per heavy atom. The Bertz CT molecular complexity index is 288. The van der Waals surface area contributed by atoms with E-state index in [1.54, 1.807) is 0 Å². The standard InChI is InChI=1S/C15H28N2O2/c1-16-9-4-3-5-14(16)8-12-17-10-6-13(7-11-17)15(18)19-2/h13-14H,3-12H2,1-2H3. The van der Waals surface area contributed by atoms with Gasteiger partial charge in [0.1, 0.15) is 0 Å². The molecule has 1 unspecified atom stereocenters. The van der Waals surface area contributed by atoms with Crippen LogP contribution in [0.25, 0.3) is 0 Å². The summed E-state index contributed by atoms with van der Waals surface area (Å²) in [5, 5.41) is 0. The van der Waals surface area contributed by atoms with Crippen molar-refractivity contribution in [3.05, 3.63) is 0 Å². The lowest BCUT2D eigenvalue weighted by atomic mass is 9.95. The molecule has 2 aliphatic rings. The van der Waals surface area contributed by atoms with Gasteiger partial charge in [0.15, 0.2) is 0 Å². The first-order chi connectivity index (χ1) is 9.20. The molecule has 0 amide bonds. The van der Waals surface area contributed by atoms with Crippen LogP contribution in [-0.2, 0) is 9.53 Å². The zero-order chi connectivity index (χ0) is 13.7. The van der Waals surface area contributed by atoms with Gasteiger partial charge in [0, 0.05) is 6.04 Å². The van der Waals surface area contributed by atoms with E-state index < -0.39 is 0 Å². The molecule has 0 bridgehead atoms. The molecule has 2 rings (SSSR count). The maximum atomic E-state index is 11.5. The Kier molecular flexibility index (Phi) is 5.64. The average molecular weight is 268 g/mol. The second kappa shape index (κ2) is 7.25. The molecule has 19 heavy (non-hydrogen) atoms. The van der Waals surface area contributed by atoms with Gasteiger partial charge in [-0.25, -0.2) is 0 Å². The Hall–Kier alpha value is -0.610. The Morgan fingerprint density at radius 2 is 1.89 bits per heavy atom. The minimum Gasteiger partial charge on any atom is -0.469 e. The van der Waals surface area contributed by atoms with Crippen LogP contribution < -0.4 is 0 Å². The maximum Gasteiger partial charge on any atom is 0.308 e. The average Bonchev–Trinajstić information content (AvgIpc) is 2.46. The molecule has 0 aromatic rings. The number of likely N-dealkylation sites (tertiary alicyclic amines) is 2. The van der Waals surface area contributed by atoms with E-state index >= 15 is 0 Å². The molecule has 2 aliphatic heterocycles. The highest BCUT2D eigenvalue weighted by Gasteiger charge is 2.26. The first-order valence-electron chi connectivity index (χ1n) is 7.71. The van der Waals surface area contributed by atoms with Gasteiger partial charge in [-0.15, -0.1) is 0 Å². The van der Waals surface area contributed by atoms with Crippen molar-refractivity contribution in [1.29, 1.82) is 0 Å². The van der Waals surface area contributed by atoms with Crippen molar-refractivity contribution in [2.24, 2.45) is 5.92 Å². The third-order valence-electron chi connectivity index (χ3n) is 4.82. The summed E-state index contributed by atoms with van der Waals surface area (Å²) < 4.78 is 4.83. The van der Waals surface area contributed by atoms with Crippen LogP contribution in [-0.4, -0.2) is 62.1 Å². The van der Waals surface area contributed by atoms with Crippen LogP contribution in [0.1, 0.15) is 38.5 Å². The highest BCUT2D eigenvalue weighted by molar-refractivity contribution is 5.72. The normalized spacial score (nSPS) is 27.4. The predicted molar refractivity (Wildman–Crippen MR) is 76.1 cm³/mol. The molecular weight excluding hydrogens is 240 g/mol. The lowest BCUT2D eigenvalue weighted by Gasteiger charge is -2.36. The lowest BCUT2D eigenvalue weighted by Crippen LogP contribution is -2.41. The molecule has 4 nitrogen and oxygen atoms in total. The van der Waals surface area contributed by atoms with E-state index in [4.69, 9.17) is 4.74 Å². The van der Waals surface area contributed by atoms with E-state index in [1.165, 1.54) is 45.9 Å². The minimum absolute atomic E-state index is 0.0216. The topological polar surface area (TPSA) is 32.8 Å². The molecule has 0 aromatic heterocycles. The van der Waals surface area contributed by atoms with Crippen molar-refractivity contribution in [2.75, 3.05) is 40.3 Å². The number of piperidine rings is 2. The lowest BCUT2D eigenvalue weighted by molar-refractivity contribution is -0.147. The zero-order valence-electron chi connectivity index (χ0n) is 12.4. The fourth-order valence-electron chi connectivity index (χ4n) is 3.40. The SMILES string of the molecule is COC(=O)C1CCN(CCC2CCCCN2C)CC1. The number of carbonyl (C=O) groups excluding carboxylic acids is 1. The summed E-state index contributed by atoms with van der Waals surface area (Å²) in [6.07, 6.45) is 7.31. The first kappa shape index (κ1) is 14.8. The molecule has 2 heterocycles. The summed E-state index contributed by atoms with van der Waals surface area (Å²) in [6, 6.07) is 0.770. The molecule has 0 N–H and O–H groups in total. The maximum absolute atomic E-state index is 11.5. The van der Waals surface area contributed by atoms with Crippen LogP contribution in [0.3, 0.4) is 0 Å². The Labute approximate surface area is 117 Å². The van der Waals surface area contributed by atoms with Crippen molar-refractivity contribution in [3.8, 4) is 0 Å². The minimum atomic E-state index is -0.0216. The number of hydrogen-bond acceptors (Lipinski definition) is 4. The van der Waals surface area contributed by atoms with Crippen molar-refractivity contribution in [2.45, 2.75) is 44.6 Å². The van der Waals surface area contributed by atoms with Crippen LogP contribution in [0.4, 0.5) is 0 Å². The van der Waals surface area contributed by atoms with E-state index in [9.17, 15) is 4.79 Å². The van der Waals surface area contributed by atoms with Gasteiger partial charge >= 0.3 is 5.97 Å². The molecule has 0 saturated carbocycles. The third-order valence-corrected chi connectivity index (χ3v) is 4.82. The summed E-state index contributed by atoms with van der Waals surface area (Å²) in [5.41, 5.74) is 0.